The first kappa shape index (κ1) is 10.7. The number of hydrogen-bond donors (Lipinski definition) is 1. The number of nitrogens with zero attached hydrogens (tertiary/aromatic N) is 1. The average Bonchev–Trinajstić information content (AvgIpc) is 2.07. The first-order valence-corrected chi connectivity index (χ1v) is 5.17. The number of aliphatic hydroxyl groups excluding tert-OH is 1. The van der Waals surface area contributed by atoms with Crippen molar-refractivity contribution in [3.8, 4) is 0 Å². The van der Waals surface area contributed by atoms with Crippen LogP contribution in [0.1, 0.15) is 33.1 Å². The van der Waals surface area contributed by atoms with Crippen molar-refractivity contribution in [2.24, 2.45) is 0 Å². The summed E-state index contributed by atoms with van der Waals surface area (Å²) in [7, 11) is 0. The van der Waals surface area contributed by atoms with Gasteiger partial charge in [0.1, 0.15) is 0 Å². The van der Waals surface area contributed by atoms with Crippen LogP contribution in [0, 0.1) is 0 Å². The minimum absolute atomic E-state index is 0.126. The van der Waals surface area contributed by atoms with Crippen molar-refractivity contribution < 1.29 is 5.11 Å². The van der Waals surface area contributed by atoms with Crippen LogP contribution in [0.5, 0.6) is 0 Å². The van der Waals surface area contributed by atoms with Crippen LogP contribution >= 0.6 is 0 Å². The Bertz CT molecular complexity index is 179. The molecular formula is C11H21NO. The molecule has 13 heavy (non-hydrogen) atoms. The first-order valence-electron chi connectivity index (χ1n) is 5.17. The number of piperidine rings is 1. The number of hydrogen-bond acceptors (Lipinski definition) is 2. The molecule has 2 unspecified atom stereocenters. The molecule has 2 atom stereocenters. The molecule has 2 nitrogen and oxygen atoms in total. The Morgan fingerprint density at radius 3 is 2.92 bits per heavy atom. The predicted molar refractivity (Wildman–Crippen MR) is 55.7 cm³/mol. The average molecular weight is 183 g/mol. The lowest BCUT2D eigenvalue weighted by molar-refractivity contribution is 0.0207. The van der Waals surface area contributed by atoms with Gasteiger partial charge in [-0.2, -0.15) is 0 Å². The minimum atomic E-state index is -0.126. The summed E-state index contributed by atoms with van der Waals surface area (Å²) in [6.07, 6.45) is 3.02. The highest BCUT2D eigenvalue weighted by atomic mass is 16.3. The fourth-order valence-electron chi connectivity index (χ4n) is 1.84. The molecule has 0 amide bonds. The zero-order valence-corrected chi connectivity index (χ0v) is 8.79. The SMILES string of the molecule is C=C(C)CCN1CCCC(O)C1C. The van der Waals surface area contributed by atoms with Gasteiger partial charge in [0.2, 0.25) is 0 Å². The third kappa shape index (κ3) is 3.12. The van der Waals surface area contributed by atoms with E-state index in [9.17, 15) is 5.11 Å². The second-order valence-electron chi connectivity index (χ2n) is 4.19. The zero-order valence-electron chi connectivity index (χ0n) is 8.79. The van der Waals surface area contributed by atoms with Crippen molar-refractivity contribution in [2.45, 2.75) is 45.3 Å². The van der Waals surface area contributed by atoms with Gasteiger partial charge in [-0.3, -0.25) is 4.90 Å². The maximum absolute atomic E-state index is 9.65. The van der Waals surface area contributed by atoms with E-state index >= 15 is 0 Å². The van der Waals surface area contributed by atoms with Crippen molar-refractivity contribution in [1.82, 2.24) is 4.90 Å². The molecule has 1 saturated heterocycles. The molecule has 0 bridgehead atoms. The molecule has 0 spiro atoms. The van der Waals surface area contributed by atoms with Crippen molar-refractivity contribution in [3.63, 3.8) is 0 Å². The molecule has 0 radical (unpaired) electrons. The Kier molecular flexibility index (Phi) is 3.94. The largest absolute Gasteiger partial charge is 0.392 e. The number of likely N-dealkylation sites (tertiary alicyclic amines) is 1. The van der Waals surface area contributed by atoms with Crippen molar-refractivity contribution in [1.29, 1.82) is 0 Å². The van der Waals surface area contributed by atoms with Gasteiger partial charge in [-0.05, 0) is 39.7 Å². The van der Waals surface area contributed by atoms with Gasteiger partial charge in [0.25, 0.3) is 0 Å². The van der Waals surface area contributed by atoms with Crippen LogP contribution in [0.25, 0.3) is 0 Å². The summed E-state index contributed by atoms with van der Waals surface area (Å²) >= 11 is 0. The molecule has 1 fully saturated rings. The van der Waals surface area contributed by atoms with E-state index in [2.05, 4.69) is 25.3 Å². The van der Waals surface area contributed by atoms with Gasteiger partial charge in [0.05, 0.1) is 6.10 Å². The van der Waals surface area contributed by atoms with E-state index in [4.69, 9.17) is 0 Å². The molecule has 0 aromatic carbocycles. The van der Waals surface area contributed by atoms with E-state index in [-0.39, 0.29) is 6.10 Å². The first-order chi connectivity index (χ1) is 6.11. The molecule has 0 aromatic rings. The van der Waals surface area contributed by atoms with Gasteiger partial charge in [0.15, 0.2) is 0 Å². The van der Waals surface area contributed by atoms with Crippen LogP contribution in [-0.4, -0.2) is 35.2 Å². The third-order valence-electron chi connectivity index (χ3n) is 2.90. The molecule has 76 valence electrons. The van der Waals surface area contributed by atoms with Crippen LogP contribution in [0.4, 0.5) is 0 Å². The topological polar surface area (TPSA) is 23.5 Å². The van der Waals surface area contributed by atoms with Gasteiger partial charge in [-0.1, -0.05) is 5.57 Å². The van der Waals surface area contributed by atoms with Crippen molar-refractivity contribution >= 4 is 0 Å². The lowest BCUT2D eigenvalue weighted by atomic mass is 10.00. The molecule has 0 aromatic heterocycles. The van der Waals surface area contributed by atoms with Crippen LogP contribution in [-0.2, 0) is 0 Å². The van der Waals surface area contributed by atoms with Gasteiger partial charge >= 0.3 is 0 Å². The fourth-order valence-corrected chi connectivity index (χ4v) is 1.84. The summed E-state index contributed by atoms with van der Waals surface area (Å²) in [5, 5.41) is 9.65. The van der Waals surface area contributed by atoms with Crippen LogP contribution in [0.3, 0.4) is 0 Å². The number of aliphatic hydroxyl groups is 1. The Morgan fingerprint density at radius 2 is 2.31 bits per heavy atom. The van der Waals surface area contributed by atoms with Crippen molar-refractivity contribution in [2.75, 3.05) is 13.1 Å². The summed E-state index contributed by atoms with van der Waals surface area (Å²) in [5.74, 6) is 0. The van der Waals surface area contributed by atoms with Crippen LogP contribution < -0.4 is 0 Å². The number of rotatable bonds is 3. The van der Waals surface area contributed by atoms with Crippen molar-refractivity contribution in [3.05, 3.63) is 12.2 Å². The van der Waals surface area contributed by atoms with Gasteiger partial charge in [0, 0.05) is 12.6 Å². The Labute approximate surface area is 81.2 Å². The van der Waals surface area contributed by atoms with E-state index in [1.165, 1.54) is 5.57 Å². The molecular weight excluding hydrogens is 162 g/mol. The highest BCUT2D eigenvalue weighted by Gasteiger charge is 2.25. The maximum atomic E-state index is 9.65. The van der Waals surface area contributed by atoms with E-state index in [1.54, 1.807) is 0 Å². The highest BCUT2D eigenvalue weighted by Crippen LogP contribution is 2.17. The van der Waals surface area contributed by atoms with Gasteiger partial charge < -0.3 is 5.11 Å². The summed E-state index contributed by atoms with van der Waals surface area (Å²) in [5.41, 5.74) is 1.23. The minimum Gasteiger partial charge on any atom is -0.392 e. The second-order valence-corrected chi connectivity index (χ2v) is 4.19. The van der Waals surface area contributed by atoms with Gasteiger partial charge in [-0.15, -0.1) is 6.58 Å². The molecule has 0 aliphatic carbocycles. The zero-order chi connectivity index (χ0) is 9.84. The lowest BCUT2D eigenvalue weighted by Crippen LogP contribution is -2.46. The summed E-state index contributed by atoms with van der Waals surface area (Å²) in [6.45, 7) is 10.2. The Balaban J connectivity index is 2.35. The fraction of sp³-hybridized carbons (Fsp3) is 0.818. The quantitative estimate of drug-likeness (QED) is 0.674. The molecule has 1 aliphatic heterocycles. The van der Waals surface area contributed by atoms with E-state index < -0.39 is 0 Å². The molecule has 1 rings (SSSR count). The normalized spacial score (nSPS) is 30.4. The maximum Gasteiger partial charge on any atom is 0.0693 e. The molecule has 1 N–H and O–H groups in total. The Morgan fingerprint density at radius 1 is 1.62 bits per heavy atom. The van der Waals surface area contributed by atoms with E-state index in [0.717, 1.165) is 32.4 Å². The lowest BCUT2D eigenvalue weighted by Gasteiger charge is -2.36. The summed E-state index contributed by atoms with van der Waals surface area (Å²) in [6, 6.07) is 0.327. The van der Waals surface area contributed by atoms with Crippen LogP contribution in [0.15, 0.2) is 12.2 Å². The second kappa shape index (κ2) is 4.77. The smallest absolute Gasteiger partial charge is 0.0693 e. The molecule has 1 aliphatic rings. The molecule has 1 heterocycles. The summed E-state index contributed by atoms with van der Waals surface area (Å²) < 4.78 is 0. The summed E-state index contributed by atoms with van der Waals surface area (Å²) in [4.78, 5) is 2.36. The van der Waals surface area contributed by atoms with E-state index in [1.807, 2.05) is 0 Å². The molecule has 2 heteroatoms. The molecule has 0 saturated carbocycles. The predicted octanol–water partition coefficient (Wildman–Crippen LogP) is 1.80. The third-order valence-corrected chi connectivity index (χ3v) is 2.90. The van der Waals surface area contributed by atoms with E-state index in [0.29, 0.717) is 6.04 Å². The monoisotopic (exact) mass is 183 g/mol. The van der Waals surface area contributed by atoms with Gasteiger partial charge in [-0.25, -0.2) is 0 Å². The highest BCUT2D eigenvalue weighted by molar-refractivity contribution is 4.90. The standard InChI is InChI=1S/C11H21NO/c1-9(2)6-8-12-7-4-5-11(13)10(12)3/h10-11,13H,1,4-8H2,2-3H3. The van der Waals surface area contributed by atoms with Crippen LogP contribution in [0.2, 0.25) is 0 Å². The Hall–Kier alpha value is -0.340.